The lowest BCUT2D eigenvalue weighted by molar-refractivity contribution is 0.414. The lowest BCUT2D eigenvalue weighted by Gasteiger charge is -2.23. The lowest BCUT2D eigenvalue weighted by Crippen LogP contribution is -2.33. The standard InChI is InChI=1S/C12H18ClNO3S/c1-8(18(4,15)16)12(14-2)10-6-5-9(17-3)7-11(10)13/h5-8,12,14H,1-4H3. The van der Waals surface area contributed by atoms with Gasteiger partial charge in [-0.3, -0.25) is 0 Å². The molecule has 1 aromatic carbocycles. The second kappa shape index (κ2) is 5.91. The van der Waals surface area contributed by atoms with Gasteiger partial charge in [-0.2, -0.15) is 0 Å². The molecule has 6 heteroatoms. The fourth-order valence-electron chi connectivity index (χ4n) is 1.78. The Balaban J connectivity index is 3.18. The van der Waals surface area contributed by atoms with Crippen LogP contribution in [0, 0.1) is 0 Å². The highest BCUT2D eigenvalue weighted by molar-refractivity contribution is 7.91. The molecule has 0 aliphatic carbocycles. The monoisotopic (exact) mass is 291 g/mol. The molecule has 2 atom stereocenters. The van der Waals surface area contributed by atoms with Crippen LogP contribution in [0.1, 0.15) is 18.5 Å². The van der Waals surface area contributed by atoms with Gasteiger partial charge in [0.15, 0.2) is 9.84 Å². The summed E-state index contributed by atoms with van der Waals surface area (Å²) in [5.74, 6) is 0.644. The molecule has 2 unspecified atom stereocenters. The smallest absolute Gasteiger partial charge is 0.151 e. The first-order chi connectivity index (χ1) is 8.31. The SMILES string of the molecule is CNC(c1ccc(OC)cc1Cl)C(C)S(C)(=O)=O. The van der Waals surface area contributed by atoms with Crippen molar-refractivity contribution in [2.75, 3.05) is 20.4 Å². The Morgan fingerprint density at radius 1 is 1.39 bits per heavy atom. The van der Waals surface area contributed by atoms with E-state index >= 15 is 0 Å². The van der Waals surface area contributed by atoms with E-state index in [4.69, 9.17) is 16.3 Å². The minimum absolute atomic E-state index is 0.349. The van der Waals surface area contributed by atoms with Crippen molar-refractivity contribution in [2.24, 2.45) is 0 Å². The van der Waals surface area contributed by atoms with Crippen molar-refractivity contribution in [3.8, 4) is 5.75 Å². The summed E-state index contributed by atoms with van der Waals surface area (Å²) < 4.78 is 28.3. The van der Waals surface area contributed by atoms with Crippen molar-refractivity contribution in [1.29, 1.82) is 0 Å². The fraction of sp³-hybridized carbons (Fsp3) is 0.500. The molecule has 0 aliphatic heterocycles. The van der Waals surface area contributed by atoms with Crippen LogP contribution in [-0.4, -0.2) is 34.1 Å². The van der Waals surface area contributed by atoms with E-state index in [9.17, 15) is 8.42 Å². The van der Waals surface area contributed by atoms with E-state index in [0.717, 1.165) is 5.56 Å². The molecule has 4 nitrogen and oxygen atoms in total. The Morgan fingerprint density at radius 2 is 2.00 bits per heavy atom. The van der Waals surface area contributed by atoms with E-state index in [0.29, 0.717) is 10.8 Å². The van der Waals surface area contributed by atoms with E-state index < -0.39 is 15.1 Å². The third kappa shape index (κ3) is 3.37. The molecule has 1 aromatic rings. The summed E-state index contributed by atoms with van der Waals surface area (Å²) in [6.45, 7) is 1.66. The van der Waals surface area contributed by atoms with Crippen molar-refractivity contribution in [3.63, 3.8) is 0 Å². The second-order valence-electron chi connectivity index (χ2n) is 4.19. The molecule has 0 saturated heterocycles. The van der Waals surface area contributed by atoms with Gasteiger partial charge in [-0.15, -0.1) is 0 Å². The Hall–Kier alpha value is -0.780. The number of nitrogens with one attached hydrogen (secondary N) is 1. The quantitative estimate of drug-likeness (QED) is 0.902. The molecule has 0 spiro atoms. The summed E-state index contributed by atoms with van der Waals surface area (Å²) in [6, 6.07) is 4.87. The van der Waals surface area contributed by atoms with Crippen molar-refractivity contribution < 1.29 is 13.2 Å². The van der Waals surface area contributed by atoms with E-state index in [2.05, 4.69) is 5.32 Å². The largest absolute Gasteiger partial charge is 0.497 e. The summed E-state index contributed by atoms with van der Waals surface area (Å²) in [5, 5.41) is 2.93. The van der Waals surface area contributed by atoms with Crippen LogP contribution in [0.5, 0.6) is 5.75 Å². The third-order valence-electron chi connectivity index (χ3n) is 3.00. The number of hydrogen-bond donors (Lipinski definition) is 1. The maximum absolute atomic E-state index is 11.6. The molecule has 0 aromatic heterocycles. The first-order valence-electron chi connectivity index (χ1n) is 5.50. The minimum Gasteiger partial charge on any atom is -0.497 e. The van der Waals surface area contributed by atoms with E-state index in [1.807, 2.05) is 0 Å². The van der Waals surface area contributed by atoms with Gasteiger partial charge in [0, 0.05) is 17.3 Å². The van der Waals surface area contributed by atoms with Crippen LogP contribution in [0.3, 0.4) is 0 Å². The van der Waals surface area contributed by atoms with Crippen LogP contribution in [0.15, 0.2) is 18.2 Å². The predicted molar refractivity (Wildman–Crippen MR) is 74.1 cm³/mol. The van der Waals surface area contributed by atoms with Crippen molar-refractivity contribution in [2.45, 2.75) is 18.2 Å². The Labute approximate surface area is 113 Å². The lowest BCUT2D eigenvalue weighted by atomic mass is 10.0. The van der Waals surface area contributed by atoms with Crippen LogP contribution in [-0.2, 0) is 9.84 Å². The molecule has 0 radical (unpaired) electrons. The maximum Gasteiger partial charge on any atom is 0.151 e. The zero-order valence-electron chi connectivity index (χ0n) is 10.9. The number of benzene rings is 1. The van der Waals surface area contributed by atoms with Gasteiger partial charge in [-0.1, -0.05) is 17.7 Å². The van der Waals surface area contributed by atoms with Crippen LogP contribution in [0.4, 0.5) is 0 Å². The Morgan fingerprint density at radius 3 is 2.39 bits per heavy atom. The number of halogens is 1. The van der Waals surface area contributed by atoms with Gasteiger partial charge in [0.1, 0.15) is 5.75 Å². The Kier molecular flexibility index (Phi) is 5.01. The topological polar surface area (TPSA) is 55.4 Å². The highest BCUT2D eigenvalue weighted by atomic mass is 35.5. The van der Waals surface area contributed by atoms with Crippen LogP contribution in [0.2, 0.25) is 5.02 Å². The van der Waals surface area contributed by atoms with Crippen molar-refractivity contribution in [1.82, 2.24) is 5.32 Å². The number of hydrogen-bond acceptors (Lipinski definition) is 4. The van der Waals surface area contributed by atoms with Gasteiger partial charge in [-0.05, 0) is 31.7 Å². The van der Waals surface area contributed by atoms with Crippen LogP contribution < -0.4 is 10.1 Å². The van der Waals surface area contributed by atoms with Crippen LogP contribution >= 0.6 is 11.6 Å². The number of methoxy groups -OCH3 is 1. The molecule has 1 rings (SSSR count). The molecule has 102 valence electrons. The zero-order valence-corrected chi connectivity index (χ0v) is 12.5. The molecule has 0 heterocycles. The summed E-state index contributed by atoms with van der Waals surface area (Å²) in [6.07, 6.45) is 1.22. The highest BCUT2D eigenvalue weighted by Gasteiger charge is 2.27. The highest BCUT2D eigenvalue weighted by Crippen LogP contribution is 2.30. The first kappa shape index (κ1) is 15.3. The number of sulfone groups is 1. The molecule has 0 bridgehead atoms. The number of ether oxygens (including phenoxy) is 1. The molecule has 18 heavy (non-hydrogen) atoms. The average Bonchev–Trinajstić information content (AvgIpc) is 2.30. The summed E-state index contributed by atoms with van der Waals surface area (Å²) >= 11 is 6.16. The molecular weight excluding hydrogens is 274 g/mol. The van der Waals surface area contributed by atoms with Gasteiger partial charge in [0.25, 0.3) is 0 Å². The summed E-state index contributed by atoms with van der Waals surface area (Å²) in [4.78, 5) is 0. The zero-order chi connectivity index (χ0) is 13.9. The van der Waals surface area contributed by atoms with E-state index in [1.165, 1.54) is 6.26 Å². The Bertz CT molecular complexity index is 516. The van der Waals surface area contributed by atoms with Crippen LogP contribution in [0.25, 0.3) is 0 Å². The fourth-order valence-corrected chi connectivity index (χ4v) is 2.84. The van der Waals surface area contributed by atoms with Gasteiger partial charge in [0.2, 0.25) is 0 Å². The molecule has 0 amide bonds. The second-order valence-corrected chi connectivity index (χ2v) is 7.00. The maximum atomic E-state index is 11.6. The van der Waals surface area contributed by atoms with Crippen molar-refractivity contribution >= 4 is 21.4 Å². The molecule has 0 aliphatic rings. The molecule has 1 N–H and O–H groups in total. The first-order valence-corrected chi connectivity index (χ1v) is 7.84. The van der Waals surface area contributed by atoms with Gasteiger partial charge < -0.3 is 10.1 Å². The van der Waals surface area contributed by atoms with Crippen molar-refractivity contribution in [3.05, 3.63) is 28.8 Å². The number of rotatable bonds is 5. The summed E-state index contributed by atoms with van der Waals surface area (Å²) in [7, 11) is 0.124. The van der Waals surface area contributed by atoms with E-state index in [-0.39, 0.29) is 6.04 Å². The predicted octanol–water partition coefficient (Wildman–Crippen LogP) is 2.04. The van der Waals surface area contributed by atoms with Gasteiger partial charge >= 0.3 is 0 Å². The molecule has 0 saturated carbocycles. The summed E-state index contributed by atoms with van der Waals surface area (Å²) in [5.41, 5.74) is 0.748. The average molecular weight is 292 g/mol. The van der Waals surface area contributed by atoms with E-state index in [1.54, 1.807) is 39.3 Å². The molecule has 0 fully saturated rings. The normalized spacial score (nSPS) is 15.2. The minimum atomic E-state index is -3.15. The molecular formula is C12H18ClNO3S. The third-order valence-corrected chi connectivity index (χ3v) is 4.95. The van der Waals surface area contributed by atoms with Gasteiger partial charge in [-0.25, -0.2) is 8.42 Å². The van der Waals surface area contributed by atoms with Gasteiger partial charge in [0.05, 0.1) is 12.4 Å².